The van der Waals surface area contributed by atoms with E-state index in [1.54, 1.807) is 4.68 Å². The molecule has 0 bridgehead atoms. The lowest BCUT2D eigenvalue weighted by molar-refractivity contribution is 0.432. The zero-order valence-corrected chi connectivity index (χ0v) is 13.2. The SMILES string of the molecule is CCc1nn(C)c(Oc2cc(C)c(Br)c(C)c2)c1N. The number of anilines is 1. The van der Waals surface area contributed by atoms with Gasteiger partial charge < -0.3 is 10.5 Å². The van der Waals surface area contributed by atoms with E-state index in [1.807, 2.05) is 40.0 Å². The summed E-state index contributed by atoms with van der Waals surface area (Å²) in [4.78, 5) is 0. The van der Waals surface area contributed by atoms with Gasteiger partial charge in [-0.3, -0.25) is 0 Å². The molecular weight excluding hydrogens is 306 g/mol. The minimum atomic E-state index is 0.595. The van der Waals surface area contributed by atoms with Crippen LogP contribution in [0.2, 0.25) is 0 Å². The Morgan fingerprint density at radius 3 is 2.37 bits per heavy atom. The molecule has 0 aliphatic heterocycles. The van der Waals surface area contributed by atoms with Gasteiger partial charge >= 0.3 is 0 Å². The quantitative estimate of drug-likeness (QED) is 0.936. The smallest absolute Gasteiger partial charge is 0.241 e. The zero-order valence-electron chi connectivity index (χ0n) is 11.6. The summed E-state index contributed by atoms with van der Waals surface area (Å²) in [5.41, 5.74) is 9.79. The number of hydrogen-bond donors (Lipinski definition) is 1. The molecule has 0 saturated carbocycles. The Morgan fingerprint density at radius 1 is 1.32 bits per heavy atom. The topological polar surface area (TPSA) is 53.1 Å². The van der Waals surface area contributed by atoms with Crippen LogP contribution in [0.25, 0.3) is 0 Å². The van der Waals surface area contributed by atoms with Crippen molar-refractivity contribution in [3.8, 4) is 11.6 Å². The number of halogens is 1. The number of nitrogens with zero attached hydrogens (tertiary/aromatic N) is 2. The Labute approximate surface area is 121 Å². The average Bonchev–Trinajstić information content (AvgIpc) is 2.63. The van der Waals surface area contributed by atoms with Crippen molar-refractivity contribution in [2.24, 2.45) is 7.05 Å². The standard InChI is InChI=1S/C14H18BrN3O/c1-5-11-13(16)14(18(4)17-11)19-10-6-8(2)12(15)9(3)7-10/h6-7H,5,16H2,1-4H3. The van der Waals surface area contributed by atoms with Crippen LogP contribution in [-0.4, -0.2) is 9.78 Å². The second-order valence-corrected chi connectivity index (χ2v) is 5.41. The van der Waals surface area contributed by atoms with Gasteiger partial charge in [0.05, 0.1) is 5.69 Å². The van der Waals surface area contributed by atoms with Crippen molar-refractivity contribution in [3.05, 3.63) is 33.4 Å². The summed E-state index contributed by atoms with van der Waals surface area (Å²) in [6.07, 6.45) is 0.793. The van der Waals surface area contributed by atoms with E-state index < -0.39 is 0 Å². The number of benzene rings is 1. The first-order chi connectivity index (χ1) is 8.93. The van der Waals surface area contributed by atoms with Crippen LogP contribution in [0.5, 0.6) is 11.6 Å². The maximum Gasteiger partial charge on any atom is 0.241 e. The van der Waals surface area contributed by atoms with Gasteiger partial charge in [0.2, 0.25) is 5.88 Å². The molecule has 0 unspecified atom stereocenters. The van der Waals surface area contributed by atoms with E-state index in [4.69, 9.17) is 10.5 Å². The van der Waals surface area contributed by atoms with E-state index in [0.29, 0.717) is 11.6 Å². The van der Waals surface area contributed by atoms with E-state index in [-0.39, 0.29) is 0 Å². The normalized spacial score (nSPS) is 10.8. The molecule has 0 spiro atoms. The van der Waals surface area contributed by atoms with Crippen molar-refractivity contribution < 1.29 is 4.74 Å². The van der Waals surface area contributed by atoms with Crippen LogP contribution >= 0.6 is 15.9 Å². The molecule has 1 aromatic heterocycles. The predicted molar refractivity (Wildman–Crippen MR) is 80.7 cm³/mol. The molecule has 0 fully saturated rings. The van der Waals surface area contributed by atoms with Gasteiger partial charge in [-0.2, -0.15) is 5.10 Å². The molecule has 2 rings (SSSR count). The van der Waals surface area contributed by atoms with Crippen LogP contribution < -0.4 is 10.5 Å². The summed E-state index contributed by atoms with van der Waals surface area (Å²) in [6.45, 7) is 6.10. The summed E-state index contributed by atoms with van der Waals surface area (Å²) >= 11 is 3.55. The van der Waals surface area contributed by atoms with E-state index in [1.165, 1.54) is 0 Å². The maximum absolute atomic E-state index is 6.05. The van der Waals surface area contributed by atoms with E-state index in [0.717, 1.165) is 33.5 Å². The largest absolute Gasteiger partial charge is 0.437 e. The Bertz CT molecular complexity index is 596. The van der Waals surface area contributed by atoms with Crippen molar-refractivity contribution in [3.63, 3.8) is 0 Å². The molecule has 0 radical (unpaired) electrons. The molecule has 0 atom stereocenters. The van der Waals surface area contributed by atoms with Gasteiger partial charge in [-0.25, -0.2) is 4.68 Å². The van der Waals surface area contributed by atoms with Gasteiger partial charge in [-0.05, 0) is 43.5 Å². The number of rotatable bonds is 3. The molecule has 0 aliphatic rings. The molecule has 2 N–H and O–H groups in total. The van der Waals surface area contributed by atoms with Crippen molar-refractivity contribution in [1.29, 1.82) is 0 Å². The minimum absolute atomic E-state index is 0.595. The van der Waals surface area contributed by atoms with Crippen LogP contribution in [0.3, 0.4) is 0 Å². The fourth-order valence-corrected chi connectivity index (χ4v) is 2.27. The molecule has 0 aliphatic carbocycles. The van der Waals surface area contributed by atoms with Crippen LogP contribution in [0.1, 0.15) is 23.7 Å². The first kappa shape index (κ1) is 13.9. The summed E-state index contributed by atoms with van der Waals surface area (Å²) in [7, 11) is 1.84. The van der Waals surface area contributed by atoms with Crippen molar-refractivity contribution >= 4 is 21.6 Å². The predicted octanol–water partition coefficient (Wildman–Crippen LogP) is 3.74. The summed E-state index contributed by atoms with van der Waals surface area (Å²) in [5.74, 6) is 1.37. The summed E-state index contributed by atoms with van der Waals surface area (Å²) in [6, 6.07) is 3.96. The third kappa shape index (κ3) is 2.61. The van der Waals surface area contributed by atoms with Crippen molar-refractivity contribution in [1.82, 2.24) is 9.78 Å². The fraction of sp³-hybridized carbons (Fsp3) is 0.357. The highest BCUT2D eigenvalue weighted by molar-refractivity contribution is 9.10. The molecule has 2 aromatic rings. The molecule has 102 valence electrons. The first-order valence-corrected chi connectivity index (χ1v) is 6.99. The third-order valence-electron chi connectivity index (χ3n) is 3.07. The molecule has 1 aromatic carbocycles. The molecular formula is C14H18BrN3O. The van der Waals surface area contributed by atoms with Crippen molar-refractivity contribution in [2.45, 2.75) is 27.2 Å². The molecule has 19 heavy (non-hydrogen) atoms. The number of ether oxygens (including phenoxy) is 1. The molecule has 0 saturated heterocycles. The Hall–Kier alpha value is -1.49. The summed E-state index contributed by atoms with van der Waals surface area (Å²) in [5, 5.41) is 4.34. The van der Waals surface area contributed by atoms with Gasteiger partial charge in [0.25, 0.3) is 0 Å². The number of nitrogens with two attached hydrogens (primary N) is 1. The van der Waals surface area contributed by atoms with Crippen LogP contribution in [0, 0.1) is 13.8 Å². The van der Waals surface area contributed by atoms with Gasteiger partial charge in [0.15, 0.2) is 0 Å². The van der Waals surface area contributed by atoms with Gasteiger partial charge in [-0.1, -0.05) is 22.9 Å². The van der Waals surface area contributed by atoms with Gasteiger partial charge in [-0.15, -0.1) is 0 Å². The monoisotopic (exact) mass is 323 g/mol. The molecule has 0 amide bonds. The third-order valence-corrected chi connectivity index (χ3v) is 4.32. The molecule has 4 nitrogen and oxygen atoms in total. The first-order valence-electron chi connectivity index (χ1n) is 6.20. The Balaban J connectivity index is 2.39. The van der Waals surface area contributed by atoms with Gasteiger partial charge in [0.1, 0.15) is 11.4 Å². The maximum atomic E-state index is 6.05. The molecule has 5 heteroatoms. The number of aryl methyl sites for hydroxylation is 4. The average molecular weight is 324 g/mol. The number of hydrogen-bond acceptors (Lipinski definition) is 3. The Kier molecular flexibility index (Phi) is 3.85. The van der Waals surface area contributed by atoms with E-state index in [2.05, 4.69) is 21.0 Å². The van der Waals surface area contributed by atoms with Crippen molar-refractivity contribution in [2.75, 3.05) is 5.73 Å². The highest BCUT2D eigenvalue weighted by Crippen LogP contribution is 2.33. The van der Waals surface area contributed by atoms with Crippen LogP contribution in [0.15, 0.2) is 16.6 Å². The highest BCUT2D eigenvalue weighted by atomic mass is 79.9. The Morgan fingerprint density at radius 2 is 1.89 bits per heavy atom. The number of nitrogen functional groups attached to an aromatic ring is 1. The molecule has 1 heterocycles. The lowest BCUT2D eigenvalue weighted by Gasteiger charge is -2.10. The lowest BCUT2D eigenvalue weighted by atomic mass is 10.1. The fourth-order valence-electron chi connectivity index (χ4n) is 2.04. The van der Waals surface area contributed by atoms with Crippen LogP contribution in [0.4, 0.5) is 5.69 Å². The second-order valence-electron chi connectivity index (χ2n) is 4.62. The zero-order chi connectivity index (χ0) is 14.2. The highest BCUT2D eigenvalue weighted by Gasteiger charge is 2.14. The van der Waals surface area contributed by atoms with E-state index >= 15 is 0 Å². The van der Waals surface area contributed by atoms with E-state index in [9.17, 15) is 0 Å². The second kappa shape index (κ2) is 5.25. The minimum Gasteiger partial charge on any atom is -0.437 e. The lowest BCUT2D eigenvalue weighted by Crippen LogP contribution is -1.98. The van der Waals surface area contributed by atoms with Crippen LogP contribution in [-0.2, 0) is 13.5 Å². The van der Waals surface area contributed by atoms with Gasteiger partial charge in [0, 0.05) is 11.5 Å². The number of aromatic nitrogens is 2. The summed E-state index contributed by atoms with van der Waals surface area (Å²) < 4.78 is 8.68.